The second-order valence-corrected chi connectivity index (χ2v) is 6.11. The summed E-state index contributed by atoms with van der Waals surface area (Å²) in [6.07, 6.45) is 6.47. The first-order valence-corrected chi connectivity index (χ1v) is 7.38. The number of nitrogens with one attached hydrogen (secondary N) is 1. The van der Waals surface area contributed by atoms with E-state index in [0.29, 0.717) is 5.54 Å². The highest BCUT2D eigenvalue weighted by molar-refractivity contribution is 5.38. The van der Waals surface area contributed by atoms with E-state index in [2.05, 4.69) is 45.1 Å². The number of benzene rings is 1. The Hall–Kier alpha value is -0.820. The predicted octanol–water partition coefficient (Wildman–Crippen LogP) is 4.08. The third-order valence-corrected chi connectivity index (χ3v) is 4.42. The first-order chi connectivity index (χ1) is 8.56. The summed E-state index contributed by atoms with van der Waals surface area (Å²) >= 11 is 0. The Labute approximate surface area is 112 Å². The number of hydrogen-bond acceptors (Lipinski definition) is 1. The summed E-state index contributed by atoms with van der Waals surface area (Å²) in [5.74, 6) is 0. The summed E-state index contributed by atoms with van der Waals surface area (Å²) in [6, 6.07) is 4.66. The molecule has 1 saturated heterocycles. The zero-order valence-electron chi connectivity index (χ0n) is 12.4. The Kier molecular flexibility index (Phi) is 4.11. The van der Waals surface area contributed by atoms with Crippen molar-refractivity contribution in [1.29, 1.82) is 0 Å². The zero-order chi connectivity index (χ0) is 13.2. The molecule has 1 atom stereocenters. The first kappa shape index (κ1) is 13.6. The van der Waals surface area contributed by atoms with Crippen LogP contribution in [-0.2, 0) is 6.42 Å². The quantitative estimate of drug-likeness (QED) is 0.843. The molecule has 1 unspecified atom stereocenters. The van der Waals surface area contributed by atoms with E-state index in [1.54, 1.807) is 5.56 Å². The fourth-order valence-electron chi connectivity index (χ4n) is 3.63. The second kappa shape index (κ2) is 5.44. The average molecular weight is 245 g/mol. The Morgan fingerprint density at radius 1 is 1.17 bits per heavy atom. The Morgan fingerprint density at radius 3 is 2.33 bits per heavy atom. The SMILES string of the molecule is CCCC1(Cc2c(C)cc(C)cc2C)CCCN1. The molecule has 1 aromatic rings. The van der Waals surface area contributed by atoms with Crippen molar-refractivity contribution in [2.24, 2.45) is 0 Å². The van der Waals surface area contributed by atoms with Gasteiger partial charge in [-0.1, -0.05) is 31.0 Å². The number of hydrogen-bond donors (Lipinski definition) is 1. The summed E-state index contributed by atoms with van der Waals surface area (Å²) < 4.78 is 0. The molecule has 0 bridgehead atoms. The Morgan fingerprint density at radius 2 is 1.83 bits per heavy atom. The molecule has 1 nitrogen and oxygen atoms in total. The van der Waals surface area contributed by atoms with Crippen LogP contribution < -0.4 is 5.32 Å². The van der Waals surface area contributed by atoms with Crippen molar-refractivity contribution >= 4 is 0 Å². The number of rotatable bonds is 4. The molecule has 100 valence electrons. The fourth-order valence-corrected chi connectivity index (χ4v) is 3.63. The van der Waals surface area contributed by atoms with E-state index in [1.807, 2.05) is 0 Å². The zero-order valence-corrected chi connectivity index (χ0v) is 12.4. The highest BCUT2D eigenvalue weighted by Gasteiger charge is 2.33. The molecular weight excluding hydrogens is 218 g/mol. The van der Waals surface area contributed by atoms with Gasteiger partial charge < -0.3 is 5.32 Å². The van der Waals surface area contributed by atoms with Crippen LogP contribution in [0.25, 0.3) is 0 Å². The van der Waals surface area contributed by atoms with Crippen LogP contribution in [0.5, 0.6) is 0 Å². The predicted molar refractivity (Wildman–Crippen MR) is 79.2 cm³/mol. The molecule has 1 aromatic carbocycles. The van der Waals surface area contributed by atoms with Crippen molar-refractivity contribution in [3.8, 4) is 0 Å². The van der Waals surface area contributed by atoms with E-state index in [1.165, 1.54) is 55.3 Å². The number of aryl methyl sites for hydroxylation is 3. The minimum atomic E-state index is 0.375. The van der Waals surface area contributed by atoms with Crippen molar-refractivity contribution in [3.05, 3.63) is 34.4 Å². The van der Waals surface area contributed by atoms with Crippen LogP contribution in [0.2, 0.25) is 0 Å². The van der Waals surface area contributed by atoms with E-state index in [-0.39, 0.29) is 0 Å². The smallest absolute Gasteiger partial charge is 0.0222 e. The van der Waals surface area contributed by atoms with Gasteiger partial charge in [-0.15, -0.1) is 0 Å². The summed E-state index contributed by atoms with van der Waals surface area (Å²) in [5, 5.41) is 3.79. The topological polar surface area (TPSA) is 12.0 Å². The lowest BCUT2D eigenvalue weighted by molar-refractivity contribution is 0.341. The molecule has 0 amide bonds. The van der Waals surface area contributed by atoms with Crippen molar-refractivity contribution in [1.82, 2.24) is 5.32 Å². The van der Waals surface area contributed by atoms with Crippen LogP contribution in [0, 0.1) is 20.8 Å². The van der Waals surface area contributed by atoms with Gasteiger partial charge in [-0.3, -0.25) is 0 Å². The summed E-state index contributed by atoms with van der Waals surface area (Å²) in [7, 11) is 0. The molecule has 0 radical (unpaired) electrons. The Bertz CT molecular complexity index is 391. The lowest BCUT2D eigenvalue weighted by atomic mass is 9.82. The molecule has 1 fully saturated rings. The highest BCUT2D eigenvalue weighted by atomic mass is 15.0. The summed E-state index contributed by atoms with van der Waals surface area (Å²) in [6.45, 7) is 10.2. The molecule has 0 aliphatic carbocycles. The highest BCUT2D eigenvalue weighted by Crippen LogP contribution is 2.31. The molecular formula is C17H27N. The van der Waals surface area contributed by atoms with E-state index < -0.39 is 0 Å². The third-order valence-electron chi connectivity index (χ3n) is 4.42. The summed E-state index contributed by atoms with van der Waals surface area (Å²) in [4.78, 5) is 0. The third kappa shape index (κ3) is 2.77. The largest absolute Gasteiger partial charge is 0.311 e. The van der Waals surface area contributed by atoms with Crippen molar-refractivity contribution in [2.45, 2.75) is 65.3 Å². The van der Waals surface area contributed by atoms with Gasteiger partial charge in [-0.05, 0) is 69.7 Å². The molecule has 1 heterocycles. The van der Waals surface area contributed by atoms with Crippen LogP contribution in [0.4, 0.5) is 0 Å². The van der Waals surface area contributed by atoms with Gasteiger partial charge in [0.05, 0.1) is 0 Å². The molecule has 2 rings (SSSR count). The van der Waals surface area contributed by atoms with Gasteiger partial charge in [0.1, 0.15) is 0 Å². The fraction of sp³-hybridized carbons (Fsp3) is 0.647. The normalized spacial score (nSPS) is 23.6. The molecule has 1 heteroatoms. The molecule has 1 N–H and O–H groups in total. The van der Waals surface area contributed by atoms with Crippen LogP contribution in [0.15, 0.2) is 12.1 Å². The molecule has 0 saturated carbocycles. The standard InChI is InChI=1S/C17H27N/c1-5-7-17(8-6-9-18-17)12-16-14(3)10-13(2)11-15(16)4/h10-11,18H,5-9,12H2,1-4H3. The van der Waals surface area contributed by atoms with Gasteiger partial charge in [0, 0.05) is 5.54 Å². The maximum atomic E-state index is 3.79. The van der Waals surface area contributed by atoms with E-state index >= 15 is 0 Å². The van der Waals surface area contributed by atoms with Gasteiger partial charge in [-0.25, -0.2) is 0 Å². The van der Waals surface area contributed by atoms with Gasteiger partial charge in [-0.2, -0.15) is 0 Å². The lowest BCUT2D eigenvalue weighted by Gasteiger charge is -2.31. The molecule has 1 aliphatic rings. The van der Waals surface area contributed by atoms with Gasteiger partial charge >= 0.3 is 0 Å². The Balaban J connectivity index is 2.27. The van der Waals surface area contributed by atoms with Crippen LogP contribution >= 0.6 is 0 Å². The minimum Gasteiger partial charge on any atom is -0.311 e. The monoisotopic (exact) mass is 245 g/mol. The maximum absolute atomic E-state index is 3.79. The van der Waals surface area contributed by atoms with Gasteiger partial charge in [0.15, 0.2) is 0 Å². The molecule has 18 heavy (non-hydrogen) atoms. The van der Waals surface area contributed by atoms with E-state index in [4.69, 9.17) is 0 Å². The van der Waals surface area contributed by atoms with Gasteiger partial charge in [0.25, 0.3) is 0 Å². The van der Waals surface area contributed by atoms with E-state index in [9.17, 15) is 0 Å². The molecule has 1 aliphatic heterocycles. The van der Waals surface area contributed by atoms with Crippen molar-refractivity contribution in [2.75, 3.05) is 6.54 Å². The lowest BCUT2D eigenvalue weighted by Crippen LogP contribution is -2.42. The van der Waals surface area contributed by atoms with Crippen molar-refractivity contribution < 1.29 is 0 Å². The molecule has 0 spiro atoms. The summed E-state index contributed by atoms with van der Waals surface area (Å²) in [5.41, 5.74) is 6.27. The van der Waals surface area contributed by atoms with E-state index in [0.717, 1.165) is 0 Å². The van der Waals surface area contributed by atoms with Gasteiger partial charge in [0.2, 0.25) is 0 Å². The minimum absolute atomic E-state index is 0.375. The first-order valence-electron chi connectivity index (χ1n) is 7.38. The van der Waals surface area contributed by atoms with Crippen LogP contribution in [0.3, 0.4) is 0 Å². The van der Waals surface area contributed by atoms with Crippen LogP contribution in [-0.4, -0.2) is 12.1 Å². The maximum Gasteiger partial charge on any atom is 0.0222 e. The molecule has 0 aromatic heterocycles. The van der Waals surface area contributed by atoms with Crippen LogP contribution in [0.1, 0.15) is 54.9 Å². The second-order valence-electron chi connectivity index (χ2n) is 6.11. The average Bonchev–Trinajstić information content (AvgIpc) is 2.73. The van der Waals surface area contributed by atoms with Crippen molar-refractivity contribution in [3.63, 3.8) is 0 Å².